The Morgan fingerprint density at radius 1 is 0.786 bits per heavy atom. The van der Waals surface area contributed by atoms with Crippen molar-refractivity contribution >= 4 is 0 Å². The van der Waals surface area contributed by atoms with Crippen molar-refractivity contribution in [1.82, 2.24) is 0 Å². The van der Waals surface area contributed by atoms with Crippen LogP contribution >= 0.6 is 0 Å². The summed E-state index contributed by atoms with van der Waals surface area (Å²) in [5, 5.41) is 0. The SMILES string of the molecule is NCC1CCCC1C1CCCCCC1. The summed E-state index contributed by atoms with van der Waals surface area (Å²) < 4.78 is 0. The van der Waals surface area contributed by atoms with Crippen molar-refractivity contribution in [3.63, 3.8) is 0 Å². The summed E-state index contributed by atoms with van der Waals surface area (Å²) in [4.78, 5) is 0. The fourth-order valence-electron chi connectivity index (χ4n) is 3.72. The van der Waals surface area contributed by atoms with E-state index in [1.807, 2.05) is 0 Å². The molecule has 14 heavy (non-hydrogen) atoms. The predicted octanol–water partition coefficient (Wildman–Crippen LogP) is 3.33. The number of hydrogen-bond donors (Lipinski definition) is 1. The Morgan fingerprint density at radius 2 is 1.50 bits per heavy atom. The fourth-order valence-corrected chi connectivity index (χ4v) is 3.72. The van der Waals surface area contributed by atoms with Gasteiger partial charge in [0.25, 0.3) is 0 Å². The quantitative estimate of drug-likeness (QED) is 0.672. The molecule has 1 heteroatoms. The van der Waals surface area contributed by atoms with E-state index >= 15 is 0 Å². The normalized spacial score (nSPS) is 35.8. The maximum Gasteiger partial charge on any atom is -0.00461 e. The maximum absolute atomic E-state index is 5.87. The molecule has 2 unspecified atom stereocenters. The van der Waals surface area contributed by atoms with Crippen molar-refractivity contribution in [2.24, 2.45) is 23.5 Å². The average Bonchev–Trinajstić information content (AvgIpc) is 2.52. The van der Waals surface area contributed by atoms with Crippen molar-refractivity contribution in [2.45, 2.75) is 57.8 Å². The van der Waals surface area contributed by atoms with Gasteiger partial charge in [0, 0.05) is 0 Å². The lowest BCUT2D eigenvalue weighted by atomic mass is 9.80. The summed E-state index contributed by atoms with van der Waals surface area (Å²) in [6, 6.07) is 0. The lowest BCUT2D eigenvalue weighted by Gasteiger charge is -2.27. The van der Waals surface area contributed by atoms with Gasteiger partial charge in [-0.25, -0.2) is 0 Å². The van der Waals surface area contributed by atoms with Crippen molar-refractivity contribution in [3.05, 3.63) is 0 Å². The molecular formula is C13H25N. The standard InChI is InChI=1S/C13H25N/c14-10-12-8-5-9-13(12)11-6-3-1-2-4-7-11/h11-13H,1-10,14H2. The Kier molecular flexibility index (Phi) is 3.86. The molecule has 0 bridgehead atoms. The van der Waals surface area contributed by atoms with E-state index in [2.05, 4.69) is 0 Å². The van der Waals surface area contributed by atoms with Gasteiger partial charge in [0.2, 0.25) is 0 Å². The van der Waals surface area contributed by atoms with Gasteiger partial charge >= 0.3 is 0 Å². The first-order valence-corrected chi connectivity index (χ1v) is 6.62. The minimum absolute atomic E-state index is 0.873. The zero-order valence-electron chi connectivity index (χ0n) is 9.38. The largest absolute Gasteiger partial charge is 0.330 e. The molecule has 0 amide bonds. The topological polar surface area (TPSA) is 26.0 Å². The summed E-state index contributed by atoms with van der Waals surface area (Å²) in [7, 11) is 0. The summed E-state index contributed by atoms with van der Waals surface area (Å²) in [6.07, 6.45) is 13.3. The Hall–Kier alpha value is -0.0400. The van der Waals surface area contributed by atoms with Gasteiger partial charge in [0.15, 0.2) is 0 Å². The van der Waals surface area contributed by atoms with Gasteiger partial charge in [-0.1, -0.05) is 44.9 Å². The van der Waals surface area contributed by atoms with Gasteiger partial charge in [0.1, 0.15) is 0 Å². The molecule has 2 atom stereocenters. The maximum atomic E-state index is 5.87. The van der Waals surface area contributed by atoms with E-state index in [0.29, 0.717) is 0 Å². The molecule has 0 aromatic carbocycles. The minimum atomic E-state index is 0.873. The molecule has 2 saturated carbocycles. The van der Waals surface area contributed by atoms with Crippen molar-refractivity contribution < 1.29 is 0 Å². The Bertz CT molecular complexity index is 159. The molecule has 0 aliphatic heterocycles. The van der Waals surface area contributed by atoms with E-state index in [4.69, 9.17) is 5.73 Å². The third kappa shape index (κ3) is 2.31. The van der Waals surface area contributed by atoms with Crippen LogP contribution in [0.25, 0.3) is 0 Å². The number of rotatable bonds is 2. The zero-order chi connectivity index (χ0) is 9.80. The van der Waals surface area contributed by atoms with Crippen molar-refractivity contribution in [2.75, 3.05) is 6.54 Å². The molecule has 1 nitrogen and oxygen atoms in total. The van der Waals surface area contributed by atoms with E-state index in [0.717, 1.165) is 24.3 Å². The Labute approximate surface area is 88.4 Å². The first-order valence-electron chi connectivity index (χ1n) is 6.62. The minimum Gasteiger partial charge on any atom is -0.330 e. The van der Waals surface area contributed by atoms with Crippen LogP contribution in [0.15, 0.2) is 0 Å². The van der Waals surface area contributed by atoms with Crippen LogP contribution in [-0.2, 0) is 0 Å². The van der Waals surface area contributed by atoms with Crippen LogP contribution in [-0.4, -0.2) is 6.54 Å². The van der Waals surface area contributed by atoms with Gasteiger partial charge in [-0.3, -0.25) is 0 Å². The Balaban J connectivity index is 1.91. The molecule has 0 heterocycles. The summed E-state index contributed by atoms with van der Waals surface area (Å²) in [6.45, 7) is 0.946. The predicted molar refractivity (Wildman–Crippen MR) is 61.1 cm³/mol. The van der Waals surface area contributed by atoms with E-state index in [1.165, 1.54) is 57.8 Å². The molecule has 0 spiro atoms. The van der Waals surface area contributed by atoms with Gasteiger partial charge in [-0.15, -0.1) is 0 Å². The number of nitrogens with two attached hydrogens (primary N) is 1. The zero-order valence-corrected chi connectivity index (χ0v) is 9.38. The smallest absolute Gasteiger partial charge is 0.00461 e. The fraction of sp³-hybridized carbons (Fsp3) is 1.00. The van der Waals surface area contributed by atoms with Crippen LogP contribution in [0.3, 0.4) is 0 Å². The molecule has 2 aliphatic rings. The highest BCUT2D eigenvalue weighted by Gasteiger charge is 2.32. The van der Waals surface area contributed by atoms with E-state index < -0.39 is 0 Å². The molecule has 2 fully saturated rings. The molecule has 0 aromatic heterocycles. The molecule has 0 radical (unpaired) electrons. The van der Waals surface area contributed by atoms with Crippen LogP contribution in [0.1, 0.15) is 57.8 Å². The lowest BCUT2D eigenvalue weighted by molar-refractivity contribution is 0.240. The molecular weight excluding hydrogens is 170 g/mol. The highest BCUT2D eigenvalue weighted by atomic mass is 14.6. The van der Waals surface area contributed by atoms with Crippen molar-refractivity contribution in [1.29, 1.82) is 0 Å². The Morgan fingerprint density at radius 3 is 2.14 bits per heavy atom. The molecule has 2 aliphatic carbocycles. The highest BCUT2D eigenvalue weighted by Crippen LogP contribution is 2.41. The molecule has 0 aromatic rings. The van der Waals surface area contributed by atoms with E-state index in [9.17, 15) is 0 Å². The third-order valence-corrected chi connectivity index (χ3v) is 4.53. The van der Waals surface area contributed by atoms with Gasteiger partial charge in [0.05, 0.1) is 0 Å². The molecule has 82 valence electrons. The monoisotopic (exact) mass is 195 g/mol. The summed E-state index contributed by atoms with van der Waals surface area (Å²) in [5.74, 6) is 2.91. The lowest BCUT2D eigenvalue weighted by Crippen LogP contribution is -2.24. The molecule has 2 N–H and O–H groups in total. The van der Waals surface area contributed by atoms with Crippen LogP contribution in [0, 0.1) is 17.8 Å². The first kappa shape index (κ1) is 10.5. The first-order chi connectivity index (χ1) is 6.92. The van der Waals surface area contributed by atoms with E-state index in [-0.39, 0.29) is 0 Å². The molecule has 2 rings (SSSR count). The second-order valence-electron chi connectivity index (χ2n) is 5.34. The third-order valence-electron chi connectivity index (χ3n) is 4.53. The van der Waals surface area contributed by atoms with Crippen LogP contribution in [0.5, 0.6) is 0 Å². The summed E-state index contributed by atoms with van der Waals surface area (Å²) in [5.41, 5.74) is 5.87. The average molecular weight is 195 g/mol. The van der Waals surface area contributed by atoms with Crippen LogP contribution in [0.4, 0.5) is 0 Å². The van der Waals surface area contributed by atoms with Crippen molar-refractivity contribution in [3.8, 4) is 0 Å². The summed E-state index contributed by atoms with van der Waals surface area (Å²) >= 11 is 0. The van der Waals surface area contributed by atoms with Gasteiger partial charge in [-0.2, -0.15) is 0 Å². The van der Waals surface area contributed by atoms with Gasteiger partial charge < -0.3 is 5.73 Å². The molecule has 0 saturated heterocycles. The second-order valence-corrected chi connectivity index (χ2v) is 5.34. The van der Waals surface area contributed by atoms with E-state index in [1.54, 1.807) is 0 Å². The van der Waals surface area contributed by atoms with Crippen LogP contribution < -0.4 is 5.73 Å². The van der Waals surface area contributed by atoms with Gasteiger partial charge in [-0.05, 0) is 37.1 Å². The van der Waals surface area contributed by atoms with Crippen LogP contribution in [0.2, 0.25) is 0 Å². The number of hydrogen-bond acceptors (Lipinski definition) is 1. The second kappa shape index (κ2) is 5.16. The highest BCUT2D eigenvalue weighted by molar-refractivity contribution is 4.84.